The molecular weight excluding hydrogens is 352 g/mol. The summed E-state index contributed by atoms with van der Waals surface area (Å²) in [5.41, 5.74) is -0.000143. The lowest BCUT2D eigenvalue weighted by Crippen LogP contribution is -2.07. The second kappa shape index (κ2) is 5.97. The lowest BCUT2D eigenvalue weighted by molar-refractivity contribution is -0.137. The van der Waals surface area contributed by atoms with Crippen molar-refractivity contribution in [3.05, 3.63) is 69.4 Å². The Labute approximate surface area is 126 Å². The van der Waals surface area contributed by atoms with Crippen LogP contribution in [-0.4, -0.2) is 5.78 Å². The zero-order valence-electron chi connectivity index (χ0n) is 10.5. The molecule has 110 valence electrons. The van der Waals surface area contributed by atoms with Crippen molar-refractivity contribution in [1.82, 2.24) is 0 Å². The first-order chi connectivity index (χ1) is 9.77. The number of alkyl halides is 3. The fourth-order valence-corrected chi connectivity index (χ4v) is 2.15. The van der Waals surface area contributed by atoms with E-state index in [1.54, 1.807) is 0 Å². The van der Waals surface area contributed by atoms with Gasteiger partial charge in [0.15, 0.2) is 5.78 Å². The molecule has 0 aliphatic rings. The van der Waals surface area contributed by atoms with Crippen molar-refractivity contribution in [2.24, 2.45) is 0 Å². The van der Waals surface area contributed by atoms with E-state index in [-0.39, 0.29) is 16.7 Å². The second-order valence-electron chi connectivity index (χ2n) is 4.42. The van der Waals surface area contributed by atoms with Crippen molar-refractivity contribution in [1.29, 1.82) is 0 Å². The Morgan fingerprint density at radius 3 is 2.19 bits per heavy atom. The smallest absolute Gasteiger partial charge is 0.294 e. The minimum atomic E-state index is -4.40. The maximum atomic E-state index is 13.1. The van der Waals surface area contributed by atoms with Crippen LogP contribution in [0.25, 0.3) is 0 Å². The number of hydrogen-bond donors (Lipinski definition) is 0. The number of rotatable bonds is 3. The highest BCUT2D eigenvalue weighted by Gasteiger charge is 2.29. The van der Waals surface area contributed by atoms with Crippen LogP contribution in [0.2, 0.25) is 0 Å². The first kappa shape index (κ1) is 15.7. The summed E-state index contributed by atoms with van der Waals surface area (Å²) in [5, 5.41) is 0. The third kappa shape index (κ3) is 3.91. The van der Waals surface area contributed by atoms with Crippen molar-refractivity contribution in [2.45, 2.75) is 12.6 Å². The highest BCUT2D eigenvalue weighted by Crippen LogP contribution is 2.29. The Morgan fingerprint density at radius 2 is 1.67 bits per heavy atom. The van der Waals surface area contributed by atoms with Gasteiger partial charge in [0.2, 0.25) is 0 Å². The van der Waals surface area contributed by atoms with Gasteiger partial charge in [-0.2, -0.15) is 13.2 Å². The van der Waals surface area contributed by atoms with E-state index in [0.717, 1.165) is 18.2 Å². The Kier molecular flexibility index (Phi) is 4.46. The summed E-state index contributed by atoms with van der Waals surface area (Å²) in [6, 6.07) is 8.24. The summed E-state index contributed by atoms with van der Waals surface area (Å²) >= 11 is 2.98. The van der Waals surface area contributed by atoms with Crippen LogP contribution in [0.4, 0.5) is 17.6 Å². The molecule has 0 radical (unpaired) electrons. The summed E-state index contributed by atoms with van der Waals surface area (Å²) in [6.45, 7) is 0. The Bertz CT molecular complexity index is 662. The van der Waals surface area contributed by atoms with E-state index in [4.69, 9.17) is 0 Å². The molecule has 1 nitrogen and oxygen atoms in total. The molecule has 0 saturated heterocycles. The highest BCUT2D eigenvalue weighted by molar-refractivity contribution is 9.10. The number of halogens is 5. The number of hydrogen-bond acceptors (Lipinski definition) is 1. The summed E-state index contributed by atoms with van der Waals surface area (Å²) in [4.78, 5) is 12.0. The largest absolute Gasteiger partial charge is 0.416 e. The maximum Gasteiger partial charge on any atom is 0.416 e. The standard InChI is InChI=1S/C15H9BrF4O/c16-12-8-10(3-6-13(12)17)14(21)7-9-1-4-11(5-2-9)15(18,19)20/h1-6,8H,7H2. The number of Topliss-reactive ketones (excluding diaryl/α,β-unsaturated/α-hetero) is 1. The molecule has 0 spiro atoms. The van der Waals surface area contributed by atoms with Gasteiger partial charge in [-0.05, 0) is 51.8 Å². The molecule has 0 atom stereocenters. The van der Waals surface area contributed by atoms with E-state index in [2.05, 4.69) is 15.9 Å². The molecule has 0 fully saturated rings. The predicted molar refractivity (Wildman–Crippen MR) is 73.6 cm³/mol. The van der Waals surface area contributed by atoms with Crippen molar-refractivity contribution >= 4 is 21.7 Å². The van der Waals surface area contributed by atoms with E-state index >= 15 is 0 Å². The van der Waals surface area contributed by atoms with Crippen molar-refractivity contribution in [3.63, 3.8) is 0 Å². The van der Waals surface area contributed by atoms with Crippen LogP contribution < -0.4 is 0 Å². The topological polar surface area (TPSA) is 17.1 Å². The lowest BCUT2D eigenvalue weighted by Gasteiger charge is -2.07. The SMILES string of the molecule is O=C(Cc1ccc(C(F)(F)F)cc1)c1ccc(F)c(Br)c1. The predicted octanol–water partition coefficient (Wildman–Crippen LogP) is 5.03. The first-order valence-corrected chi connectivity index (χ1v) is 6.71. The van der Waals surface area contributed by atoms with Gasteiger partial charge in [-0.25, -0.2) is 4.39 Å². The molecule has 2 rings (SSSR count). The van der Waals surface area contributed by atoms with Gasteiger partial charge in [0.25, 0.3) is 0 Å². The molecule has 0 N–H and O–H groups in total. The summed E-state index contributed by atoms with van der Waals surface area (Å²) < 4.78 is 50.5. The number of carbonyl (C=O) groups excluding carboxylic acids is 1. The minimum Gasteiger partial charge on any atom is -0.294 e. The second-order valence-corrected chi connectivity index (χ2v) is 5.28. The zero-order chi connectivity index (χ0) is 15.6. The van der Waals surface area contributed by atoms with Crippen LogP contribution in [-0.2, 0) is 12.6 Å². The van der Waals surface area contributed by atoms with Crippen LogP contribution in [0.1, 0.15) is 21.5 Å². The van der Waals surface area contributed by atoms with E-state index in [0.29, 0.717) is 11.1 Å². The van der Waals surface area contributed by atoms with Gasteiger partial charge in [-0.1, -0.05) is 12.1 Å². The molecule has 0 aliphatic carbocycles. The monoisotopic (exact) mass is 360 g/mol. The Morgan fingerprint density at radius 1 is 1.05 bits per heavy atom. The molecule has 6 heteroatoms. The van der Waals surface area contributed by atoms with Gasteiger partial charge in [-0.3, -0.25) is 4.79 Å². The highest BCUT2D eigenvalue weighted by atomic mass is 79.9. The van der Waals surface area contributed by atoms with Gasteiger partial charge in [0.05, 0.1) is 10.0 Å². The Hall–Kier alpha value is -1.69. The van der Waals surface area contributed by atoms with Crippen LogP contribution in [0.3, 0.4) is 0 Å². The first-order valence-electron chi connectivity index (χ1n) is 5.92. The van der Waals surface area contributed by atoms with Gasteiger partial charge >= 0.3 is 6.18 Å². The van der Waals surface area contributed by atoms with E-state index in [9.17, 15) is 22.4 Å². The van der Waals surface area contributed by atoms with Gasteiger partial charge < -0.3 is 0 Å². The summed E-state index contributed by atoms with van der Waals surface area (Å²) in [5.74, 6) is -0.781. The molecule has 0 unspecified atom stereocenters. The molecule has 0 bridgehead atoms. The molecule has 2 aromatic carbocycles. The van der Waals surface area contributed by atoms with Crippen molar-refractivity contribution in [3.8, 4) is 0 Å². The van der Waals surface area contributed by atoms with Crippen LogP contribution in [0, 0.1) is 5.82 Å². The lowest BCUT2D eigenvalue weighted by atomic mass is 10.0. The molecule has 0 heterocycles. The normalized spacial score (nSPS) is 11.5. The number of carbonyl (C=O) groups is 1. The van der Waals surface area contributed by atoms with Crippen LogP contribution >= 0.6 is 15.9 Å². The third-order valence-corrected chi connectivity index (χ3v) is 3.50. The average Bonchev–Trinajstić information content (AvgIpc) is 2.41. The fourth-order valence-electron chi connectivity index (χ4n) is 1.77. The zero-order valence-corrected chi connectivity index (χ0v) is 12.1. The van der Waals surface area contributed by atoms with Gasteiger partial charge in [0, 0.05) is 12.0 Å². The summed E-state index contributed by atoms with van der Waals surface area (Å²) in [6.07, 6.45) is -4.44. The van der Waals surface area contributed by atoms with E-state index < -0.39 is 17.6 Å². The molecule has 21 heavy (non-hydrogen) atoms. The minimum absolute atomic E-state index is 0.0454. The molecule has 2 aromatic rings. The molecule has 0 aromatic heterocycles. The van der Waals surface area contributed by atoms with Crippen molar-refractivity contribution < 1.29 is 22.4 Å². The van der Waals surface area contributed by atoms with E-state index in [1.807, 2.05) is 0 Å². The maximum absolute atomic E-state index is 13.1. The molecule has 0 saturated carbocycles. The average molecular weight is 361 g/mol. The molecule has 0 aliphatic heterocycles. The molecule has 0 amide bonds. The molecular formula is C15H9BrF4O. The van der Waals surface area contributed by atoms with Crippen LogP contribution in [0.5, 0.6) is 0 Å². The van der Waals surface area contributed by atoms with Crippen LogP contribution in [0.15, 0.2) is 46.9 Å². The van der Waals surface area contributed by atoms with Gasteiger partial charge in [-0.15, -0.1) is 0 Å². The van der Waals surface area contributed by atoms with E-state index in [1.165, 1.54) is 24.3 Å². The van der Waals surface area contributed by atoms with Gasteiger partial charge in [0.1, 0.15) is 5.82 Å². The van der Waals surface area contributed by atoms with Crippen molar-refractivity contribution in [2.75, 3.05) is 0 Å². The summed E-state index contributed by atoms with van der Waals surface area (Å²) in [7, 11) is 0. The Balaban J connectivity index is 2.14. The quantitative estimate of drug-likeness (QED) is 0.554. The number of ketones is 1. The third-order valence-electron chi connectivity index (χ3n) is 2.89. The number of benzene rings is 2. The fraction of sp³-hybridized carbons (Fsp3) is 0.133.